The number of aromatic nitrogens is 1. The van der Waals surface area contributed by atoms with Gasteiger partial charge in [0.25, 0.3) is 5.56 Å². The lowest BCUT2D eigenvalue weighted by Crippen LogP contribution is -2.55. The number of pyridine rings is 1. The van der Waals surface area contributed by atoms with Gasteiger partial charge in [-0.1, -0.05) is 55.7 Å². The summed E-state index contributed by atoms with van der Waals surface area (Å²) in [5.74, 6) is -2.06. The average molecular weight is 493 g/mol. The molecule has 3 fully saturated rings. The first kappa shape index (κ1) is 24.3. The van der Waals surface area contributed by atoms with Gasteiger partial charge < -0.3 is 19.2 Å². The maximum atomic E-state index is 12.2. The van der Waals surface area contributed by atoms with Crippen LogP contribution in [0.2, 0.25) is 0 Å². The number of hydrogen-bond acceptors (Lipinski definition) is 7. The third kappa shape index (κ3) is 5.38. The van der Waals surface area contributed by atoms with Crippen molar-refractivity contribution in [3.8, 4) is 5.75 Å². The molecule has 3 heterocycles. The van der Waals surface area contributed by atoms with Gasteiger partial charge in [-0.05, 0) is 43.2 Å². The molecule has 1 aromatic carbocycles. The summed E-state index contributed by atoms with van der Waals surface area (Å²) >= 11 is 0. The number of rotatable bonds is 7. The summed E-state index contributed by atoms with van der Waals surface area (Å²) in [5, 5.41) is 0. The van der Waals surface area contributed by atoms with Crippen molar-refractivity contribution in [2.24, 2.45) is 11.8 Å². The Balaban J connectivity index is 1.29. The van der Waals surface area contributed by atoms with Crippen LogP contribution >= 0.6 is 0 Å². The highest BCUT2D eigenvalue weighted by atomic mass is 16.8. The predicted molar refractivity (Wildman–Crippen MR) is 133 cm³/mol. The number of hydrogen-bond donors (Lipinski definition) is 1. The first-order valence-electron chi connectivity index (χ1n) is 12.8. The number of nitrogens with one attached hydrogen (secondary N) is 1. The predicted octanol–water partition coefficient (Wildman–Crippen LogP) is 4.01. The molecule has 8 nitrogen and oxygen atoms in total. The zero-order valence-corrected chi connectivity index (χ0v) is 20.3. The Kier molecular flexibility index (Phi) is 7.23. The summed E-state index contributed by atoms with van der Waals surface area (Å²) < 4.78 is 17.2. The van der Waals surface area contributed by atoms with E-state index in [0.29, 0.717) is 18.0 Å². The summed E-state index contributed by atoms with van der Waals surface area (Å²) in [6.07, 6.45) is 13.0. The molecule has 0 radical (unpaired) electrons. The average Bonchev–Trinajstić information content (AvgIpc) is 3.18. The summed E-state index contributed by atoms with van der Waals surface area (Å²) in [6, 6.07) is 11.4. The number of allylic oxidation sites excluding steroid dienone is 1. The van der Waals surface area contributed by atoms with E-state index in [1.165, 1.54) is 32.1 Å². The number of para-hydroxylation sites is 1. The minimum atomic E-state index is -1.51. The summed E-state index contributed by atoms with van der Waals surface area (Å²) in [4.78, 5) is 40.7. The van der Waals surface area contributed by atoms with Crippen LogP contribution in [0.4, 0.5) is 0 Å². The van der Waals surface area contributed by atoms with E-state index in [2.05, 4.69) is 11.1 Å². The highest BCUT2D eigenvalue weighted by Gasteiger charge is 2.55. The number of esters is 2. The van der Waals surface area contributed by atoms with Gasteiger partial charge in [0.15, 0.2) is 0 Å². The molecule has 0 amide bonds. The fourth-order valence-electron chi connectivity index (χ4n) is 5.36. The third-order valence-electron chi connectivity index (χ3n) is 7.37. The molecular weight excluding hydrogens is 460 g/mol. The van der Waals surface area contributed by atoms with Crippen molar-refractivity contribution in [3.05, 3.63) is 70.2 Å². The van der Waals surface area contributed by atoms with Gasteiger partial charge in [-0.2, -0.15) is 0 Å². The van der Waals surface area contributed by atoms with Crippen LogP contribution in [0, 0.1) is 11.8 Å². The molecule has 2 aromatic rings. The Bertz CT molecular complexity index is 1170. The van der Waals surface area contributed by atoms with Crippen LogP contribution < -0.4 is 10.3 Å². The van der Waals surface area contributed by atoms with E-state index in [4.69, 9.17) is 14.2 Å². The van der Waals surface area contributed by atoms with Crippen LogP contribution in [-0.4, -0.2) is 40.9 Å². The molecule has 3 aliphatic rings. The van der Waals surface area contributed by atoms with Gasteiger partial charge >= 0.3 is 17.8 Å². The van der Waals surface area contributed by atoms with Crippen LogP contribution in [0.25, 0.3) is 6.08 Å². The van der Waals surface area contributed by atoms with Gasteiger partial charge in [0, 0.05) is 36.8 Å². The van der Waals surface area contributed by atoms with Gasteiger partial charge in [-0.15, -0.1) is 0 Å². The second-order valence-corrected chi connectivity index (χ2v) is 9.90. The minimum absolute atomic E-state index is 0.000378. The van der Waals surface area contributed by atoms with Gasteiger partial charge in [0.1, 0.15) is 5.75 Å². The van der Waals surface area contributed by atoms with Crippen molar-refractivity contribution in [1.82, 2.24) is 9.88 Å². The van der Waals surface area contributed by atoms with Gasteiger partial charge in [-0.3, -0.25) is 4.79 Å². The lowest BCUT2D eigenvalue weighted by atomic mass is 9.90. The lowest BCUT2D eigenvalue weighted by molar-refractivity contribution is -0.271. The number of ether oxygens (including phenoxy) is 3. The number of aromatic amines is 1. The fourth-order valence-corrected chi connectivity index (χ4v) is 5.36. The monoisotopic (exact) mass is 492 g/mol. The molecule has 8 heteroatoms. The molecule has 1 aromatic heterocycles. The summed E-state index contributed by atoms with van der Waals surface area (Å²) in [5.41, 5.74) is 1.27. The third-order valence-corrected chi connectivity index (χ3v) is 7.37. The fraction of sp³-hybridized carbons (Fsp3) is 0.464. The highest BCUT2D eigenvalue weighted by molar-refractivity contribution is 6.31. The first-order valence-corrected chi connectivity index (χ1v) is 12.8. The Hall–Kier alpha value is -3.39. The zero-order valence-electron chi connectivity index (χ0n) is 20.3. The van der Waals surface area contributed by atoms with E-state index < -0.39 is 17.8 Å². The normalized spacial score (nSPS) is 22.6. The van der Waals surface area contributed by atoms with Gasteiger partial charge in [-0.25, -0.2) is 14.5 Å². The molecule has 1 unspecified atom stereocenters. The number of likely N-dealkylation sites (tertiary alicyclic amines) is 1. The molecule has 1 aliphatic carbocycles. The lowest BCUT2D eigenvalue weighted by Gasteiger charge is -2.42. The number of carbonyl (C=O) groups is 2. The Labute approximate surface area is 210 Å². The Morgan fingerprint density at radius 1 is 1.00 bits per heavy atom. The van der Waals surface area contributed by atoms with Gasteiger partial charge in [0.05, 0.1) is 6.61 Å². The Morgan fingerprint density at radius 2 is 1.78 bits per heavy atom. The number of benzene rings is 1. The van der Waals surface area contributed by atoms with Crippen molar-refractivity contribution in [2.75, 3.05) is 13.2 Å². The SMILES string of the molecule is O=C1OC2(CC(/C=C\c3ccccc3OCC3CCCCC3)CCN2Cc2ccc[nH]c2=O)OC1=O. The molecule has 190 valence electrons. The van der Waals surface area contributed by atoms with E-state index in [1.54, 1.807) is 23.2 Å². The number of nitrogens with zero attached hydrogens (tertiary/aromatic N) is 1. The first-order chi connectivity index (χ1) is 17.5. The second-order valence-electron chi connectivity index (χ2n) is 9.90. The molecule has 0 bridgehead atoms. The van der Waals surface area contributed by atoms with E-state index in [0.717, 1.165) is 24.3 Å². The van der Waals surface area contributed by atoms with Crippen molar-refractivity contribution in [2.45, 2.75) is 57.4 Å². The van der Waals surface area contributed by atoms with E-state index >= 15 is 0 Å². The smallest absolute Gasteiger partial charge is 0.421 e. The molecule has 5 rings (SSSR count). The van der Waals surface area contributed by atoms with Gasteiger partial charge in [0.2, 0.25) is 0 Å². The van der Waals surface area contributed by atoms with Crippen LogP contribution in [0.5, 0.6) is 5.75 Å². The molecule has 2 saturated heterocycles. The maximum absolute atomic E-state index is 12.2. The summed E-state index contributed by atoms with van der Waals surface area (Å²) in [6.45, 7) is 1.42. The van der Waals surface area contributed by atoms with E-state index in [1.807, 2.05) is 30.3 Å². The molecule has 1 N–H and O–H groups in total. The maximum Gasteiger partial charge on any atom is 0.421 e. The molecule has 1 saturated carbocycles. The van der Waals surface area contributed by atoms with Crippen molar-refractivity contribution in [3.63, 3.8) is 0 Å². The zero-order chi connectivity index (χ0) is 25.0. The van der Waals surface area contributed by atoms with E-state index in [-0.39, 0.29) is 24.4 Å². The molecular formula is C28H32N2O6. The Morgan fingerprint density at radius 3 is 2.56 bits per heavy atom. The quantitative estimate of drug-likeness (QED) is 0.461. The highest BCUT2D eigenvalue weighted by Crippen LogP contribution is 2.39. The molecule has 36 heavy (non-hydrogen) atoms. The van der Waals surface area contributed by atoms with Crippen LogP contribution in [-0.2, 0) is 25.6 Å². The van der Waals surface area contributed by atoms with E-state index in [9.17, 15) is 14.4 Å². The van der Waals surface area contributed by atoms with Crippen LogP contribution in [0.15, 0.2) is 53.5 Å². The van der Waals surface area contributed by atoms with Crippen LogP contribution in [0.3, 0.4) is 0 Å². The minimum Gasteiger partial charge on any atom is -0.493 e. The second kappa shape index (κ2) is 10.7. The topological polar surface area (TPSA) is 97.9 Å². The molecule has 2 aliphatic heterocycles. The van der Waals surface area contributed by atoms with Crippen molar-refractivity contribution in [1.29, 1.82) is 0 Å². The molecule has 1 atom stereocenters. The standard InChI is InChI=1S/C28H32N2O6/c31-25-23(10-6-15-29-25)18-30-16-14-20(17-28(30)35-26(32)27(33)36-28)12-13-22-9-4-5-11-24(22)34-19-21-7-2-1-3-8-21/h4-6,9-13,15,20-21H,1-3,7-8,14,16-19H2,(H,29,31)/b13-12-. The van der Waals surface area contributed by atoms with Crippen molar-refractivity contribution >= 4 is 18.0 Å². The summed E-state index contributed by atoms with van der Waals surface area (Å²) in [7, 11) is 0. The largest absolute Gasteiger partial charge is 0.493 e. The van der Waals surface area contributed by atoms with Crippen LogP contribution in [0.1, 0.15) is 56.1 Å². The number of carbonyl (C=O) groups excluding carboxylic acids is 2. The number of H-pyrrole nitrogens is 1. The molecule has 1 spiro atoms. The number of piperidine rings is 1. The van der Waals surface area contributed by atoms with Crippen molar-refractivity contribution < 1.29 is 23.8 Å².